The van der Waals surface area contributed by atoms with Gasteiger partial charge in [-0.3, -0.25) is 4.79 Å². The van der Waals surface area contributed by atoms with Gasteiger partial charge >= 0.3 is 5.63 Å². The monoisotopic (exact) mass is 407 g/mol. The van der Waals surface area contributed by atoms with Gasteiger partial charge in [0.05, 0.1) is 5.60 Å². The zero-order valence-electron chi connectivity index (χ0n) is 16.9. The Morgan fingerprint density at radius 1 is 1.24 bits per heavy atom. The van der Waals surface area contributed by atoms with Crippen molar-refractivity contribution < 1.29 is 33.6 Å². The molecule has 3 rings (SSSR count). The molecule has 1 fully saturated rings. The van der Waals surface area contributed by atoms with E-state index in [1.54, 1.807) is 32.9 Å². The number of aryl methyl sites for hydroxylation is 1. The van der Waals surface area contributed by atoms with Crippen LogP contribution in [-0.2, 0) is 14.3 Å². The van der Waals surface area contributed by atoms with Crippen LogP contribution in [0.4, 0.5) is 5.69 Å². The molecule has 1 unspecified atom stereocenters. The van der Waals surface area contributed by atoms with Crippen LogP contribution >= 0.6 is 0 Å². The van der Waals surface area contributed by atoms with Gasteiger partial charge in [-0.2, -0.15) is 0 Å². The molecule has 0 aliphatic carbocycles. The Hall–Kier alpha value is -2.46. The second kappa shape index (κ2) is 7.75. The summed E-state index contributed by atoms with van der Waals surface area (Å²) in [6.45, 7) is 6.43. The fourth-order valence-corrected chi connectivity index (χ4v) is 3.54. The van der Waals surface area contributed by atoms with E-state index < -0.39 is 35.8 Å². The molecule has 158 valence electrons. The van der Waals surface area contributed by atoms with Gasteiger partial charge in [-0.05, 0) is 39.0 Å². The number of aliphatic hydroxyl groups excluding tert-OH is 2. The number of carbonyl (C=O) groups is 1. The standard InChI is InChI=1S/C20H25NO8/c1-9-13(27-19-15(24)14(23)17(26-5)20(3,4)29-19)7-6-11-8-12(21-10(2)22)18(25)28-16(9)11/h6-8,14-15,17,19,23-24H,1-5H3,(H,21,22)/t14?,15-,17+,19+/m0/s1. The van der Waals surface area contributed by atoms with E-state index in [1.807, 2.05) is 0 Å². The molecule has 3 N–H and O–H groups in total. The number of ether oxygens (including phenoxy) is 3. The van der Waals surface area contributed by atoms with Crippen molar-refractivity contribution in [3.8, 4) is 5.75 Å². The van der Waals surface area contributed by atoms with E-state index in [0.29, 0.717) is 16.7 Å². The van der Waals surface area contributed by atoms with Gasteiger partial charge in [0.2, 0.25) is 12.2 Å². The summed E-state index contributed by atoms with van der Waals surface area (Å²) >= 11 is 0. The number of nitrogens with one attached hydrogen (secondary N) is 1. The maximum absolute atomic E-state index is 12.1. The van der Waals surface area contributed by atoms with Crippen LogP contribution in [0, 0.1) is 6.92 Å². The van der Waals surface area contributed by atoms with E-state index in [0.717, 1.165) is 0 Å². The largest absolute Gasteiger partial charge is 0.462 e. The molecule has 1 aromatic heterocycles. The molecule has 4 atom stereocenters. The first kappa shape index (κ1) is 21.3. The van der Waals surface area contributed by atoms with E-state index in [4.69, 9.17) is 18.6 Å². The highest BCUT2D eigenvalue weighted by Gasteiger charge is 2.50. The lowest BCUT2D eigenvalue weighted by Gasteiger charge is -2.46. The van der Waals surface area contributed by atoms with Crippen molar-refractivity contribution in [1.29, 1.82) is 0 Å². The molecule has 0 saturated carbocycles. The number of aliphatic hydroxyl groups is 2. The van der Waals surface area contributed by atoms with Crippen molar-refractivity contribution in [2.24, 2.45) is 0 Å². The van der Waals surface area contributed by atoms with Gasteiger partial charge in [-0.1, -0.05) is 0 Å². The Balaban J connectivity index is 1.93. The second-order valence-corrected chi connectivity index (χ2v) is 7.58. The summed E-state index contributed by atoms with van der Waals surface area (Å²) in [7, 11) is 1.43. The molecule has 9 heteroatoms. The van der Waals surface area contributed by atoms with Crippen LogP contribution in [-0.4, -0.2) is 53.4 Å². The van der Waals surface area contributed by atoms with Crippen LogP contribution in [0.25, 0.3) is 11.0 Å². The lowest BCUT2D eigenvalue weighted by atomic mass is 9.89. The highest BCUT2D eigenvalue weighted by Crippen LogP contribution is 2.34. The summed E-state index contributed by atoms with van der Waals surface area (Å²) in [5.41, 5.74) is -0.781. The van der Waals surface area contributed by atoms with Crippen LogP contribution in [0.5, 0.6) is 5.75 Å². The fraction of sp³-hybridized carbons (Fsp3) is 0.500. The molecular weight excluding hydrogens is 382 g/mol. The molecule has 2 aromatic rings. The topological polar surface area (TPSA) is 127 Å². The molecule has 0 radical (unpaired) electrons. The molecule has 1 saturated heterocycles. The minimum absolute atomic E-state index is 0.0413. The first-order valence-corrected chi connectivity index (χ1v) is 9.13. The number of fused-ring (bicyclic) bond motifs is 1. The molecule has 2 heterocycles. The zero-order chi connectivity index (χ0) is 21.5. The first-order valence-electron chi connectivity index (χ1n) is 9.13. The summed E-state index contributed by atoms with van der Waals surface area (Å²) in [4.78, 5) is 23.4. The summed E-state index contributed by atoms with van der Waals surface area (Å²) < 4.78 is 22.2. The van der Waals surface area contributed by atoms with Crippen LogP contribution in [0.1, 0.15) is 26.3 Å². The zero-order valence-corrected chi connectivity index (χ0v) is 16.9. The molecule has 0 spiro atoms. The molecule has 1 amide bonds. The smallest absolute Gasteiger partial charge is 0.360 e. The normalized spacial score (nSPS) is 26.3. The minimum atomic E-state index is -1.35. The minimum Gasteiger partial charge on any atom is -0.462 e. The quantitative estimate of drug-likeness (QED) is 0.648. The second-order valence-electron chi connectivity index (χ2n) is 7.58. The molecule has 1 aliphatic rings. The van der Waals surface area contributed by atoms with Crippen molar-refractivity contribution >= 4 is 22.6 Å². The SMILES string of the molecule is CO[C@@H]1C(O)[C@H](O)[C@H](Oc2ccc3cc(NC(C)=O)c(=O)oc3c2C)OC1(C)C. The average molecular weight is 407 g/mol. The number of rotatable bonds is 4. The van der Waals surface area contributed by atoms with Crippen molar-refractivity contribution in [3.05, 3.63) is 34.2 Å². The molecule has 9 nitrogen and oxygen atoms in total. The maximum atomic E-state index is 12.1. The van der Waals surface area contributed by atoms with Gasteiger partial charge in [0, 0.05) is 25.0 Å². The van der Waals surface area contributed by atoms with Crippen molar-refractivity contribution in [1.82, 2.24) is 0 Å². The lowest BCUT2D eigenvalue weighted by Crippen LogP contribution is -2.63. The Morgan fingerprint density at radius 3 is 2.55 bits per heavy atom. The summed E-state index contributed by atoms with van der Waals surface area (Å²) in [6, 6.07) is 4.80. The predicted molar refractivity (Wildman–Crippen MR) is 104 cm³/mol. The molecule has 1 aliphatic heterocycles. The van der Waals surface area contributed by atoms with Crippen LogP contribution in [0.2, 0.25) is 0 Å². The van der Waals surface area contributed by atoms with Gasteiger partial charge in [-0.25, -0.2) is 4.79 Å². The van der Waals surface area contributed by atoms with E-state index >= 15 is 0 Å². The van der Waals surface area contributed by atoms with E-state index in [9.17, 15) is 19.8 Å². The number of hydrogen-bond donors (Lipinski definition) is 3. The average Bonchev–Trinajstić information content (AvgIpc) is 2.63. The van der Waals surface area contributed by atoms with E-state index in [-0.39, 0.29) is 17.2 Å². The summed E-state index contributed by atoms with van der Waals surface area (Å²) in [5.74, 6) is -0.0665. The Labute approximate surface area is 167 Å². The van der Waals surface area contributed by atoms with Crippen molar-refractivity contribution in [2.75, 3.05) is 12.4 Å². The molecular formula is C20H25NO8. The molecule has 0 bridgehead atoms. The van der Waals surface area contributed by atoms with E-state index in [1.165, 1.54) is 20.1 Å². The maximum Gasteiger partial charge on any atom is 0.360 e. The van der Waals surface area contributed by atoms with Crippen LogP contribution in [0.3, 0.4) is 0 Å². The van der Waals surface area contributed by atoms with E-state index in [2.05, 4.69) is 5.32 Å². The summed E-state index contributed by atoms with van der Waals surface area (Å²) in [6.07, 6.45) is -4.46. The van der Waals surface area contributed by atoms with Crippen molar-refractivity contribution in [3.63, 3.8) is 0 Å². The summed E-state index contributed by atoms with van der Waals surface area (Å²) in [5, 5.41) is 23.8. The van der Waals surface area contributed by atoms with Crippen molar-refractivity contribution in [2.45, 2.75) is 57.9 Å². The Kier molecular flexibility index (Phi) is 5.68. The Morgan fingerprint density at radius 2 is 1.93 bits per heavy atom. The molecule has 29 heavy (non-hydrogen) atoms. The highest BCUT2D eigenvalue weighted by atomic mass is 16.7. The number of hydrogen-bond acceptors (Lipinski definition) is 8. The fourth-order valence-electron chi connectivity index (χ4n) is 3.54. The molecule has 1 aromatic carbocycles. The lowest BCUT2D eigenvalue weighted by molar-refractivity contribution is -0.306. The number of benzene rings is 1. The highest BCUT2D eigenvalue weighted by molar-refractivity contribution is 5.91. The third-order valence-corrected chi connectivity index (χ3v) is 4.95. The van der Waals surface area contributed by atoms with Gasteiger partial charge in [0.25, 0.3) is 0 Å². The number of methoxy groups -OCH3 is 1. The van der Waals surface area contributed by atoms with Gasteiger partial charge in [-0.15, -0.1) is 0 Å². The van der Waals surface area contributed by atoms with Crippen LogP contribution < -0.4 is 15.7 Å². The van der Waals surface area contributed by atoms with Gasteiger partial charge in [0.15, 0.2) is 0 Å². The Bertz CT molecular complexity index is 982. The van der Waals surface area contributed by atoms with Gasteiger partial charge < -0.3 is 34.2 Å². The number of carbonyl (C=O) groups excluding carboxylic acids is 1. The third kappa shape index (κ3) is 3.99. The number of amides is 1. The predicted octanol–water partition coefficient (Wildman–Crippen LogP) is 1.31. The number of anilines is 1. The van der Waals surface area contributed by atoms with Crippen LogP contribution in [0.15, 0.2) is 27.4 Å². The first-order chi connectivity index (χ1) is 13.5. The third-order valence-electron chi connectivity index (χ3n) is 4.95. The van der Waals surface area contributed by atoms with Gasteiger partial charge in [0.1, 0.15) is 35.3 Å².